The summed E-state index contributed by atoms with van der Waals surface area (Å²) in [4.78, 5) is 17.4. The van der Waals surface area contributed by atoms with E-state index >= 15 is 0 Å². The molecule has 0 radical (unpaired) electrons. The Morgan fingerprint density at radius 2 is 2.00 bits per heavy atom. The molecule has 0 saturated heterocycles. The summed E-state index contributed by atoms with van der Waals surface area (Å²) < 4.78 is 15.5. The zero-order valence-corrected chi connectivity index (χ0v) is 14.1. The van der Waals surface area contributed by atoms with E-state index in [4.69, 9.17) is 0 Å². The number of fused-ring (bicyclic) bond motifs is 1. The van der Waals surface area contributed by atoms with Crippen molar-refractivity contribution in [3.05, 3.63) is 53.1 Å². The van der Waals surface area contributed by atoms with Gasteiger partial charge < -0.3 is 5.32 Å². The molecule has 3 rings (SSSR count). The predicted molar refractivity (Wildman–Crippen MR) is 91.7 cm³/mol. The summed E-state index contributed by atoms with van der Waals surface area (Å²) >= 11 is 0. The van der Waals surface area contributed by atoms with Crippen LogP contribution in [0.3, 0.4) is 0 Å². The molecule has 0 aliphatic rings. The molecule has 2 heterocycles. The number of anilines is 1. The number of para-hydroxylation sites is 1. The molecule has 1 aromatic carbocycles. The number of nitrogens with zero attached hydrogens (tertiary/aromatic N) is 3. The molecule has 1 amide bonds. The number of carbonyl (C=O) groups is 1. The summed E-state index contributed by atoms with van der Waals surface area (Å²) in [6, 6.07) is 7.86. The maximum Gasteiger partial charge on any atom is 0.256 e. The van der Waals surface area contributed by atoms with Crippen LogP contribution in [0.1, 0.15) is 41.5 Å². The quantitative estimate of drug-likeness (QED) is 0.796. The van der Waals surface area contributed by atoms with Crippen LogP contribution in [0.4, 0.5) is 10.1 Å². The van der Waals surface area contributed by atoms with E-state index in [0.29, 0.717) is 22.3 Å². The minimum absolute atomic E-state index is 0.153. The number of hydrogen-bond acceptors (Lipinski definition) is 3. The fraction of sp³-hybridized carbons (Fsp3) is 0.278. The van der Waals surface area contributed by atoms with Gasteiger partial charge in [-0.1, -0.05) is 26.0 Å². The number of pyridine rings is 1. The Labute approximate surface area is 139 Å². The van der Waals surface area contributed by atoms with E-state index in [1.807, 2.05) is 20.8 Å². The zero-order valence-electron chi connectivity index (χ0n) is 14.1. The van der Waals surface area contributed by atoms with E-state index in [9.17, 15) is 9.18 Å². The highest BCUT2D eigenvalue weighted by atomic mass is 19.1. The Balaban J connectivity index is 2.13. The van der Waals surface area contributed by atoms with Crippen LogP contribution in [-0.2, 0) is 7.05 Å². The average Bonchev–Trinajstić information content (AvgIpc) is 2.83. The molecule has 0 unspecified atom stereocenters. The third kappa shape index (κ3) is 2.75. The Hall–Kier alpha value is -2.76. The lowest BCUT2D eigenvalue weighted by molar-refractivity contribution is 0.102. The van der Waals surface area contributed by atoms with E-state index in [0.717, 1.165) is 5.69 Å². The number of halogens is 1. The van der Waals surface area contributed by atoms with Gasteiger partial charge in [0.15, 0.2) is 5.65 Å². The molecule has 124 valence electrons. The molecular formula is C18H19FN4O. The lowest BCUT2D eigenvalue weighted by Gasteiger charge is -2.11. The molecule has 0 aliphatic heterocycles. The first kappa shape index (κ1) is 16.1. The first-order valence-electron chi connectivity index (χ1n) is 7.78. The second-order valence-corrected chi connectivity index (χ2v) is 6.09. The monoisotopic (exact) mass is 326 g/mol. The molecule has 0 saturated carbocycles. The van der Waals surface area contributed by atoms with E-state index in [2.05, 4.69) is 15.4 Å². The highest BCUT2D eigenvalue weighted by molar-refractivity contribution is 6.12. The number of hydrogen-bond donors (Lipinski definition) is 1. The second kappa shape index (κ2) is 6.03. The molecule has 2 aromatic heterocycles. The van der Waals surface area contributed by atoms with Crippen molar-refractivity contribution >= 4 is 22.6 Å². The van der Waals surface area contributed by atoms with Gasteiger partial charge in [-0.2, -0.15) is 5.10 Å². The topological polar surface area (TPSA) is 59.8 Å². The van der Waals surface area contributed by atoms with E-state index in [1.54, 1.807) is 29.9 Å². The number of amides is 1. The number of benzene rings is 1. The minimum Gasteiger partial charge on any atom is -0.319 e. The zero-order chi connectivity index (χ0) is 17.4. The summed E-state index contributed by atoms with van der Waals surface area (Å²) in [6.45, 7) is 5.85. The lowest BCUT2D eigenvalue weighted by atomic mass is 10.0. The first-order valence-corrected chi connectivity index (χ1v) is 7.78. The second-order valence-electron chi connectivity index (χ2n) is 6.09. The summed E-state index contributed by atoms with van der Waals surface area (Å²) in [6.07, 6.45) is 0. The van der Waals surface area contributed by atoms with Crippen molar-refractivity contribution in [1.82, 2.24) is 14.8 Å². The molecular weight excluding hydrogens is 307 g/mol. The van der Waals surface area contributed by atoms with Gasteiger partial charge >= 0.3 is 0 Å². The molecule has 3 aromatic rings. The van der Waals surface area contributed by atoms with E-state index in [1.165, 1.54) is 12.1 Å². The molecule has 6 heteroatoms. The molecule has 0 fully saturated rings. The van der Waals surface area contributed by atoms with Gasteiger partial charge in [0.1, 0.15) is 5.82 Å². The Kier molecular flexibility index (Phi) is 4.05. The largest absolute Gasteiger partial charge is 0.319 e. The number of aromatic nitrogens is 3. The Morgan fingerprint density at radius 1 is 1.29 bits per heavy atom. The van der Waals surface area contributed by atoms with Gasteiger partial charge in [-0.15, -0.1) is 0 Å². The fourth-order valence-electron chi connectivity index (χ4n) is 2.69. The SMILES string of the molecule is Cc1nn(C)c2nc(C(C)C)cc(C(=O)Nc3ccccc3F)c12. The number of nitrogens with one attached hydrogen (secondary N) is 1. The van der Waals surface area contributed by atoms with E-state index in [-0.39, 0.29) is 17.5 Å². The minimum atomic E-state index is -0.469. The maximum atomic E-state index is 13.8. The normalized spacial score (nSPS) is 11.2. The lowest BCUT2D eigenvalue weighted by Crippen LogP contribution is -2.15. The van der Waals surface area contributed by atoms with Gasteiger partial charge in [0.05, 0.1) is 22.3 Å². The number of rotatable bonds is 3. The molecule has 0 aliphatic carbocycles. The number of aryl methyl sites for hydroxylation is 2. The fourth-order valence-corrected chi connectivity index (χ4v) is 2.69. The molecule has 0 bridgehead atoms. The van der Waals surface area contributed by atoms with Gasteiger partial charge in [-0.3, -0.25) is 9.48 Å². The van der Waals surface area contributed by atoms with Crippen LogP contribution < -0.4 is 5.32 Å². The summed E-state index contributed by atoms with van der Waals surface area (Å²) in [5.41, 5.74) is 2.77. The van der Waals surface area contributed by atoms with Crippen molar-refractivity contribution in [2.75, 3.05) is 5.32 Å². The van der Waals surface area contributed by atoms with Crippen molar-refractivity contribution in [2.24, 2.45) is 7.05 Å². The summed E-state index contributed by atoms with van der Waals surface area (Å²) in [7, 11) is 1.80. The van der Waals surface area contributed by atoms with Gasteiger partial charge in [0.25, 0.3) is 5.91 Å². The van der Waals surface area contributed by atoms with Crippen LogP contribution in [0.5, 0.6) is 0 Å². The van der Waals surface area contributed by atoms with Gasteiger partial charge in [-0.05, 0) is 31.0 Å². The Bertz CT molecular complexity index is 930. The smallest absolute Gasteiger partial charge is 0.256 e. The molecule has 5 nitrogen and oxygen atoms in total. The molecule has 0 spiro atoms. The standard InChI is InChI=1S/C18H19FN4O/c1-10(2)15-9-12(16-11(3)22-23(4)17(16)20-15)18(24)21-14-8-6-5-7-13(14)19/h5-10H,1-4H3,(H,21,24). The number of carbonyl (C=O) groups excluding carboxylic acids is 1. The molecule has 1 N–H and O–H groups in total. The van der Waals surface area contributed by atoms with Gasteiger partial charge in [-0.25, -0.2) is 9.37 Å². The third-order valence-electron chi connectivity index (χ3n) is 3.95. The van der Waals surface area contributed by atoms with Gasteiger partial charge in [0.2, 0.25) is 0 Å². The molecule has 0 atom stereocenters. The van der Waals surface area contributed by atoms with Crippen molar-refractivity contribution < 1.29 is 9.18 Å². The van der Waals surface area contributed by atoms with Crippen LogP contribution in [0.25, 0.3) is 11.0 Å². The van der Waals surface area contributed by atoms with Crippen molar-refractivity contribution in [3.63, 3.8) is 0 Å². The maximum absolute atomic E-state index is 13.8. The third-order valence-corrected chi connectivity index (χ3v) is 3.95. The van der Waals surface area contributed by atoms with E-state index < -0.39 is 5.82 Å². The predicted octanol–water partition coefficient (Wildman–Crippen LogP) is 3.79. The molecule has 24 heavy (non-hydrogen) atoms. The summed E-state index contributed by atoms with van der Waals surface area (Å²) in [5.74, 6) is -0.682. The first-order chi connectivity index (χ1) is 11.4. The summed E-state index contributed by atoms with van der Waals surface area (Å²) in [5, 5.41) is 7.69. The van der Waals surface area contributed by atoms with Crippen LogP contribution >= 0.6 is 0 Å². The van der Waals surface area contributed by atoms with Gasteiger partial charge in [0, 0.05) is 12.7 Å². The highest BCUT2D eigenvalue weighted by Crippen LogP contribution is 2.26. The van der Waals surface area contributed by atoms with Crippen molar-refractivity contribution in [3.8, 4) is 0 Å². The van der Waals surface area contributed by atoms with Crippen LogP contribution in [0, 0.1) is 12.7 Å². The highest BCUT2D eigenvalue weighted by Gasteiger charge is 2.20. The van der Waals surface area contributed by atoms with Crippen LogP contribution in [0.15, 0.2) is 30.3 Å². The Morgan fingerprint density at radius 3 is 2.67 bits per heavy atom. The van der Waals surface area contributed by atoms with Crippen molar-refractivity contribution in [1.29, 1.82) is 0 Å². The van der Waals surface area contributed by atoms with Crippen molar-refractivity contribution in [2.45, 2.75) is 26.7 Å². The average molecular weight is 326 g/mol. The van der Waals surface area contributed by atoms with Crippen LogP contribution in [-0.4, -0.2) is 20.7 Å². The van der Waals surface area contributed by atoms with Crippen LogP contribution in [0.2, 0.25) is 0 Å².